The van der Waals surface area contributed by atoms with Crippen molar-refractivity contribution in [2.45, 2.75) is 110 Å². The minimum atomic E-state index is -0.627. The Bertz CT molecular complexity index is 5280. The van der Waals surface area contributed by atoms with Crippen molar-refractivity contribution < 1.29 is 0 Å². The standard InChI is InChI=1S/C77H64N6O8/c1-4-5-9-46-16-22-51(23-17-46)61-33-27-55(37-57(61)44-79)54-25-24-50(56(36-54)43-78)10-7-6-8-11-52-38-60(83-76(90)64-39-62-63(40-65(64)77(83)91)71(85)80(3)70(62)84)32-26-53(52)35-49-20-30-59(31-21-49)82-74(88)68-41-66-67(42-69(68)75(82)89)73(87)81(72(66)86)58-28-18-48(19-29-58)34-47-14-12-45(2)13-15-47/h12-15,18-21,24-33,36-42,46,51H,4-11,16-17,22-23,34-35H2,1-3H3. The third-order valence-corrected chi connectivity index (χ3v) is 19.1. The van der Waals surface area contributed by atoms with E-state index in [1.807, 2.05) is 79.7 Å². The van der Waals surface area contributed by atoms with Crippen LogP contribution in [0.15, 0.2) is 190 Å². The van der Waals surface area contributed by atoms with Crippen LogP contribution in [-0.4, -0.2) is 18.3 Å². The topological polar surface area (TPSA) is 204 Å². The van der Waals surface area contributed by atoms with Crippen LogP contribution in [0, 0.1) is 35.5 Å². The highest BCUT2D eigenvalue weighted by Crippen LogP contribution is 2.40. The summed E-state index contributed by atoms with van der Waals surface area (Å²) in [6.07, 6.45) is 12.9. The van der Waals surface area contributed by atoms with E-state index >= 15 is 0 Å². The summed E-state index contributed by atoms with van der Waals surface area (Å²) in [5, 5.41) is 21.0. The van der Waals surface area contributed by atoms with Gasteiger partial charge in [0.1, 0.15) is 0 Å². The van der Waals surface area contributed by atoms with E-state index in [1.165, 1.54) is 63.4 Å². The monoisotopic (exact) mass is 1200 g/mol. The molecule has 0 radical (unpaired) electrons. The molecule has 14 nitrogen and oxygen atoms in total. The Kier molecular flexibility index (Phi) is 15.9. The van der Waals surface area contributed by atoms with Crippen LogP contribution in [-0.2, 0) is 32.7 Å². The number of nitrogens with zero attached hydrogens (tertiary/aromatic N) is 6. The lowest BCUT2D eigenvalue weighted by molar-refractivity contribution is 0.304. The fraction of sp³-hybridized carbons (Fsp3) is 0.247. The average molecular weight is 1200 g/mol. The first-order valence-electron chi connectivity index (χ1n) is 31.4. The number of aryl methyl sites for hydroxylation is 3. The Labute approximate surface area is 522 Å². The van der Waals surface area contributed by atoms with E-state index in [0.29, 0.717) is 66.2 Å². The lowest BCUT2D eigenvalue weighted by Gasteiger charge is -2.29. The maximum absolute atomic E-state index is 14.1. The molecule has 12 aromatic rings. The van der Waals surface area contributed by atoms with Gasteiger partial charge in [0, 0.05) is 7.05 Å². The van der Waals surface area contributed by atoms with E-state index in [0.717, 1.165) is 106 Å². The van der Waals surface area contributed by atoms with Gasteiger partial charge in [-0.2, -0.15) is 10.5 Å². The fourth-order valence-electron chi connectivity index (χ4n) is 13.9. The molecule has 1 fully saturated rings. The molecule has 0 unspecified atom stereocenters. The summed E-state index contributed by atoms with van der Waals surface area (Å²) in [7, 11) is 1.35. The smallest absolute Gasteiger partial charge is 0.266 e. The predicted octanol–water partition coefficient (Wildman–Crippen LogP) is 12.0. The molecular formula is C77H64N6O8. The van der Waals surface area contributed by atoms with Crippen LogP contribution in [0.4, 0.5) is 0 Å². The highest BCUT2D eigenvalue weighted by atomic mass is 16.2. The van der Waals surface area contributed by atoms with E-state index in [2.05, 4.69) is 43.3 Å². The highest BCUT2D eigenvalue weighted by molar-refractivity contribution is 5.99. The van der Waals surface area contributed by atoms with Gasteiger partial charge in [-0.05, 0) is 206 Å². The van der Waals surface area contributed by atoms with E-state index in [1.54, 1.807) is 30.3 Å². The van der Waals surface area contributed by atoms with Crippen molar-refractivity contribution in [2.24, 2.45) is 13.0 Å². The second kappa shape index (κ2) is 24.4. The molecule has 91 heavy (non-hydrogen) atoms. The van der Waals surface area contributed by atoms with Gasteiger partial charge in [-0.3, -0.25) is 42.9 Å². The number of hydrogen-bond acceptors (Lipinski definition) is 10. The Morgan fingerprint density at radius 2 is 0.824 bits per heavy atom. The minimum Gasteiger partial charge on any atom is -0.277 e. The third-order valence-electron chi connectivity index (χ3n) is 19.1. The molecule has 0 N–H and O–H groups in total. The zero-order chi connectivity index (χ0) is 63.4. The molecule has 0 bridgehead atoms. The van der Waals surface area contributed by atoms with Crippen molar-refractivity contribution in [3.05, 3.63) is 290 Å². The van der Waals surface area contributed by atoms with E-state index in [9.17, 15) is 48.9 Å². The molecule has 0 saturated heterocycles. The van der Waals surface area contributed by atoms with Crippen LogP contribution in [0.2, 0.25) is 0 Å². The zero-order valence-electron chi connectivity index (χ0n) is 50.9. The Balaban J connectivity index is 0.742. The molecule has 0 aliphatic heterocycles. The summed E-state index contributed by atoms with van der Waals surface area (Å²) in [6.45, 7) is 4.27. The van der Waals surface area contributed by atoms with Gasteiger partial charge in [0.25, 0.3) is 44.5 Å². The first-order chi connectivity index (χ1) is 44.1. The fourth-order valence-corrected chi connectivity index (χ4v) is 13.9. The maximum atomic E-state index is 14.1. The van der Waals surface area contributed by atoms with Crippen molar-refractivity contribution in [2.75, 3.05) is 0 Å². The SMILES string of the molecule is CCCCC1CCC(c2ccc(-c3ccc(CCCCCc4cc(-n5c(=O)c6cc7c(=O)n(C)c(=O)c7cc6c5=O)ccc4Cc4ccc(-n5c(=O)c6cc7c(=O)n(-c8ccc(Cc9ccc(C)cc9)cc8)c(=O)c7cc6c5=O)cc4)c(C#N)c3)cc2C#N)CC1. The Morgan fingerprint density at radius 1 is 0.407 bits per heavy atom. The van der Waals surface area contributed by atoms with E-state index in [4.69, 9.17) is 0 Å². The quantitative estimate of drug-likeness (QED) is 0.0743. The summed E-state index contributed by atoms with van der Waals surface area (Å²) in [5.41, 5.74) is 7.23. The number of fused-ring (bicyclic) bond motifs is 4. The molecule has 1 saturated carbocycles. The number of benzene rings is 8. The average Bonchev–Trinajstić information content (AvgIpc) is 1.59. The lowest BCUT2D eigenvalue weighted by Crippen LogP contribution is -2.24. The number of nitriles is 2. The van der Waals surface area contributed by atoms with Gasteiger partial charge < -0.3 is 0 Å². The normalized spacial score (nSPS) is 14.3. The molecule has 13 rings (SSSR count). The second-order valence-electron chi connectivity index (χ2n) is 24.8. The molecular weight excluding hydrogens is 1140 g/mol. The number of rotatable bonds is 18. The predicted molar refractivity (Wildman–Crippen MR) is 358 cm³/mol. The van der Waals surface area contributed by atoms with Crippen molar-refractivity contribution in [3.63, 3.8) is 0 Å². The van der Waals surface area contributed by atoms with Crippen LogP contribution >= 0.6 is 0 Å². The molecule has 4 aromatic heterocycles. The molecule has 1 aliphatic rings. The molecule has 450 valence electrons. The summed E-state index contributed by atoms with van der Waals surface area (Å²) >= 11 is 0. The minimum absolute atomic E-state index is 0.0197. The summed E-state index contributed by atoms with van der Waals surface area (Å²) in [5.74, 6) is 1.16. The van der Waals surface area contributed by atoms with Crippen LogP contribution in [0.5, 0.6) is 0 Å². The third kappa shape index (κ3) is 10.9. The van der Waals surface area contributed by atoms with Gasteiger partial charge in [0.15, 0.2) is 0 Å². The van der Waals surface area contributed by atoms with Crippen LogP contribution < -0.4 is 44.5 Å². The molecule has 1 aliphatic carbocycles. The largest absolute Gasteiger partial charge is 0.277 e. The lowest BCUT2D eigenvalue weighted by atomic mass is 9.76. The number of unbranched alkanes of at least 4 members (excludes halogenated alkanes) is 3. The van der Waals surface area contributed by atoms with Gasteiger partial charge in [-0.15, -0.1) is 0 Å². The van der Waals surface area contributed by atoms with Gasteiger partial charge in [0.2, 0.25) is 0 Å². The van der Waals surface area contributed by atoms with Gasteiger partial charge in [-0.1, -0.05) is 117 Å². The molecule has 8 aromatic carbocycles. The molecule has 0 spiro atoms. The zero-order valence-corrected chi connectivity index (χ0v) is 50.9. The van der Waals surface area contributed by atoms with Crippen LogP contribution in [0.1, 0.15) is 133 Å². The maximum Gasteiger partial charge on any atom is 0.266 e. The van der Waals surface area contributed by atoms with E-state index in [-0.39, 0.29) is 43.1 Å². The van der Waals surface area contributed by atoms with Crippen molar-refractivity contribution in [1.82, 2.24) is 18.3 Å². The Morgan fingerprint density at radius 3 is 1.32 bits per heavy atom. The molecule has 14 heteroatoms. The molecule has 4 heterocycles. The number of hydrogen-bond donors (Lipinski definition) is 0. The van der Waals surface area contributed by atoms with Crippen molar-refractivity contribution in [1.29, 1.82) is 10.5 Å². The summed E-state index contributed by atoms with van der Waals surface area (Å²) < 4.78 is 4.15. The molecule has 0 amide bonds. The van der Waals surface area contributed by atoms with Gasteiger partial charge >= 0.3 is 0 Å². The summed E-state index contributed by atoms with van der Waals surface area (Å²) in [6, 6.07) is 50.1. The first kappa shape index (κ1) is 59.3. The van der Waals surface area contributed by atoms with Gasteiger partial charge in [-0.25, -0.2) is 13.7 Å². The molecule has 0 atom stereocenters. The first-order valence-corrected chi connectivity index (χ1v) is 31.4. The van der Waals surface area contributed by atoms with Crippen molar-refractivity contribution >= 4 is 43.1 Å². The number of aromatic nitrogens is 4. The van der Waals surface area contributed by atoms with Crippen molar-refractivity contribution in [3.8, 4) is 40.3 Å². The Hall–Kier alpha value is -10.7. The second-order valence-corrected chi connectivity index (χ2v) is 24.8. The highest BCUT2D eigenvalue weighted by Gasteiger charge is 2.26. The van der Waals surface area contributed by atoms with Gasteiger partial charge in [0.05, 0.1) is 83.4 Å². The van der Waals surface area contributed by atoms with Crippen LogP contribution in [0.25, 0.3) is 71.3 Å². The summed E-state index contributed by atoms with van der Waals surface area (Å²) in [4.78, 5) is 110. The van der Waals surface area contributed by atoms with E-state index < -0.39 is 44.5 Å². The van der Waals surface area contributed by atoms with Crippen LogP contribution in [0.3, 0.4) is 0 Å².